The minimum atomic E-state index is -4.44. The van der Waals surface area contributed by atoms with Crippen LogP contribution in [0.15, 0.2) is 24.3 Å². The normalized spacial score (nSPS) is 11.6. The molecule has 0 radical (unpaired) electrons. The van der Waals surface area contributed by atoms with Crippen molar-refractivity contribution >= 4 is 17.3 Å². The summed E-state index contributed by atoms with van der Waals surface area (Å²) in [6, 6.07) is 4.96. The van der Waals surface area contributed by atoms with Crippen LogP contribution < -0.4 is 5.32 Å². The van der Waals surface area contributed by atoms with Gasteiger partial charge in [0.2, 0.25) is 5.91 Å². The Balaban J connectivity index is 1.78. The number of hydrogen-bond donors (Lipinski definition) is 1. The molecule has 170 valence electrons. The Kier molecular flexibility index (Phi) is 6.06. The third-order valence-electron chi connectivity index (χ3n) is 5.05. The number of anilines is 1. The first-order valence-electron chi connectivity index (χ1n) is 9.57. The van der Waals surface area contributed by atoms with Crippen LogP contribution in [0.3, 0.4) is 0 Å². The summed E-state index contributed by atoms with van der Waals surface area (Å²) in [6.07, 6.45) is -4.44. The predicted octanol–water partition coefficient (Wildman–Crippen LogP) is 3.93. The zero-order valence-electron chi connectivity index (χ0n) is 17.8. The van der Waals surface area contributed by atoms with Crippen LogP contribution in [0.2, 0.25) is 0 Å². The first-order valence-corrected chi connectivity index (χ1v) is 9.57. The van der Waals surface area contributed by atoms with Crippen molar-refractivity contribution in [1.82, 2.24) is 19.6 Å². The molecule has 0 spiro atoms. The molecule has 0 fully saturated rings. The maximum absolute atomic E-state index is 13.0. The van der Waals surface area contributed by atoms with Crippen molar-refractivity contribution in [2.45, 2.75) is 47.0 Å². The minimum absolute atomic E-state index is 0.0934. The number of alkyl halides is 3. The Morgan fingerprint density at radius 2 is 1.75 bits per heavy atom. The monoisotopic (exact) mass is 450 g/mol. The molecule has 0 saturated heterocycles. The van der Waals surface area contributed by atoms with Crippen LogP contribution in [-0.4, -0.2) is 30.4 Å². The molecule has 0 aliphatic rings. The van der Waals surface area contributed by atoms with Crippen LogP contribution in [0.25, 0.3) is 0 Å². The lowest BCUT2D eigenvalue weighted by molar-refractivity contribution is -0.386. The molecule has 1 amide bonds. The lowest BCUT2D eigenvalue weighted by Crippen LogP contribution is -2.21. The molecule has 0 atom stereocenters. The summed E-state index contributed by atoms with van der Waals surface area (Å²) >= 11 is 0. The highest BCUT2D eigenvalue weighted by atomic mass is 19.4. The summed E-state index contributed by atoms with van der Waals surface area (Å²) in [5.74, 6) is -0.463. The van der Waals surface area contributed by atoms with Gasteiger partial charge in [-0.25, -0.2) is 0 Å². The number of aromatic nitrogens is 4. The van der Waals surface area contributed by atoms with E-state index in [0.717, 1.165) is 12.1 Å². The Morgan fingerprint density at radius 3 is 2.34 bits per heavy atom. The molecule has 0 aliphatic carbocycles. The first-order chi connectivity index (χ1) is 14.9. The molecule has 0 unspecified atom stereocenters. The fraction of sp³-hybridized carbons (Fsp3) is 0.350. The molecule has 2 heterocycles. The van der Waals surface area contributed by atoms with Crippen molar-refractivity contribution in [3.05, 3.63) is 68.3 Å². The fourth-order valence-electron chi connectivity index (χ4n) is 3.47. The summed E-state index contributed by atoms with van der Waals surface area (Å²) < 4.78 is 41.6. The highest BCUT2D eigenvalue weighted by molar-refractivity contribution is 5.91. The largest absolute Gasteiger partial charge is 0.416 e. The van der Waals surface area contributed by atoms with E-state index >= 15 is 0 Å². The van der Waals surface area contributed by atoms with Crippen molar-refractivity contribution < 1.29 is 22.9 Å². The van der Waals surface area contributed by atoms with E-state index in [9.17, 15) is 28.1 Å². The minimum Gasteiger partial charge on any atom is -0.321 e. The summed E-state index contributed by atoms with van der Waals surface area (Å²) in [6.45, 7) is 6.21. The molecular weight excluding hydrogens is 429 g/mol. The molecule has 12 heteroatoms. The van der Waals surface area contributed by atoms with Gasteiger partial charge in [0.25, 0.3) is 0 Å². The van der Waals surface area contributed by atoms with Gasteiger partial charge < -0.3 is 5.32 Å². The molecule has 2 aromatic heterocycles. The van der Waals surface area contributed by atoms with Gasteiger partial charge in [0.05, 0.1) is 34.1 Å². The number of rotatable bonds is 6. The highest BCUT2D eigenvalue weighted by Gasteiger charge is 2.30. The number of aryl methyl sites for hydroxylation is 2. The number of halogens is 3. The molecule has 0 saturated carbocycles. The molecule has 0 aliphatic heterocycles. The van der Waals surface area contributed by atoms with Gasteiger partial charge in [-0.2, -0.15) is 23.4 Å². The van der Waals surface area contributed by atoms with Gasteiger partial charge in [0.1, 0.15) is 17.9 Å². The van der Waals surface area contributed by atoms with Crippen LogP contribution >= 0.6 is 0 Å². The van der Waals surface area contributed by atoms with Crippen molar-refractivity contribution in [3.63, 3.8) is 0 Å². The van der Waals surface area contributed by atoms with Gasteiger partial charge in [-0.3, -0.25) is 24.3 Å². The van der Waals surface area contributed by atoms with Crippen molar-refractivity contribution in [2.24, 2.45) is 0 Å². The number of amides is 1. The Morgan fingerprint density at radius 1 is 1.09 bits per heavy atom. The van der Waals surface area contributed by atoms with E-state index in [1.165, 1.54) is 29.3 Å². The standard InChI is InChI=1S/C20H21F3N6O3/c1-11-18(24-17(30)10-28-14(4)19(29(31)32)12(2)26-28)13(3)27(25-11)9-15-6-5-7-16(8-15)20(21,22)23/h5-8H,9-10H2,1-4H3,(H,24,30). The maximum Gasteiger partial charge on any atom is 0.416 e. The zero-order chi connectivity index (χ0) is 23.8. The van der Waals surface area contributed by atoms with Gasteiger partial charge in [0.15, 0.2) is 0 Å². The van der Waals surface area contributed by atoms with Gasteiger partial charge in [-0.05, 0) is 45.4 Å². The Hall–Kier alpha value is -3.70. The van der Waals surface area contributed by atoms with E-state index in [4.69, 9.17) is 0 Å². The van der Waals surface area contributed by atoms with E-state index in [0.29, 0.717) is 22.6 Å². The van der Waals surface area contributed by atoms with Crippen molar-refractivity contribution in [1.29, 1.82) is 0 Å². The number of carbonyl (C=O) groups is 1. The number of nitrogens with one attached hydrogen (secondary N) is 1. The quantitative estimate of drug-likeness (QED) is 0.452. The molecule has 1 N–H and O–H groups in total. The van der Waals surface area contributed by atoms with Crippen molar-refractivity contribution in [3.8, 4) is 0 Å². The summed E-state index contributed by atoms with van der Waals surface area (Å²) in [5, 5.41) is 22.2. The van der Waals surface area contributed by atoms with E-state index in [-0.39, 0.29) is 30.2 Å². The van der Waals surface area contributed by atoms with E-state index < -0.39 is 22.6 Å². The summed E-state index contributed by atoms with van der Waals surface area (Å²) in [4.78, 5) is 23.1. The third kappa shape index (κ3) is 4.63. The van der Waals surface area contributed by atoms with Gasteiger partial charge in [-0.15, -0.1) is 0 Å². The number of carbonyl (C=O) groups excluding carboxylic acids is 1. The van der Waals surface area contributed by atoms with Gasteiger partial charge in [0, 0.05) is 0 Å². The predicted molar refractivity (Wildman–Crippen MR) is 109 cm³/mol. The Bertz CT molecular complexity index is 1200. The maximum atomic E-state index is 13.0. The van der Waals surface area contributed by atoms with Crippen LogP contribution in [0.5, 0.6) is 0 Å². The number of nitrogens with zero attached hydrogens (tertiary/aromatic N) is 5. The second kappa shape index (κ2) is 8.44. The second-order valence-electron chi connectivity index (χ2n) is 7.38. The van der Waals surface area contributed by atoms with E-state index in [2.05, 4.69) is 15.5 Å². The van der Waals surface area contributed by atoms with Crippen molar-refractivity contribution in [2.75, 3.05) is 5.32 Å². The molecule has 0 bridgehead atoms. The van der Waals surface area contributed by atoms with Gasteiger partial charge >= 0.3 is 11.9 Å². The second-order valence-corrected chi connectivity index (χ2v) is 7.38. The van der Waals surface area contributed by atoms with E-state index in [1.807, 2.05) is 0 Å². The molecular formula is C20H21F3N6O3. The highest BCUT2D eigenvalue weighted by Crippen LogP contribution is 2.30. The topological polar surface area (TPSA) is 108 Å². The Labute approximate surface area is 181 Å². The average Bonchev–Trinajstić information content (AvgIpc) is 3.10. The fourth-order valence-corrected chi connectivity index (χ4v) is 3.47. The molecule has 1 aromatic carbocycles. The number of hydrogen-bond acceptors (Lipinski definition) is 5. The van der Waals surface area contributed by atoms with Crippen LogP contribution in [0, 0.1) is 37.8 Å². The first kappa shape index (κ1) is 23.0. The lowest BCUT2D eigenvalue weighted by Gasteiger charge is -2.10. The van der Waals surface area contributed by atoms with E-state index in [1.54, 1.807) is 19.9 Å². The average molecular weight is 450 g/mol. The molecule has 3 aromatic rings. The number of nitro groups is 1. The third-order valence-corrected chi connectivity index (χ3v) is 5.05. The van der Waals surface area contributed by atoms with Gasteiger partial charge in [-0.1, -0.05) is 12.1 Å². The van der Waals surface area contributed by atoms with Crippen LogP contribution in [0.4, 0.5) is 24.5 Å². The summed E-state index contributed by atoms with van der Waals surface area (Å²) in [7, 11) is 0. The van der Waals surface area contributed by atoms with Crippen LogP contribution in [0.1, 0.15) is 33.9 Å². The molecule has 32 heavy (non-hydrogen) atoms. The van der Waals surface area contributed by atoms with Crippen LogP contribution in [-0.2, 0) is 24.1 Å². The molecule has 9 nitrogen and oxygen atoms in total. The lowest BCUT2D eigenvalue weighted by atomic mass is 10.1. The smallest absolute Gasteiger partial charge is 0.321 e. The summed E-state index contributed by atoms with van der Waals surface area (Å²) in [5.41, 5.74) is 1.48. The number of benzene rings is 1. The zero-order valence-corrected chi connectivity index (χ0v) is 17.8. The molecule has 3 rings (SSSR count). The SMILES string of the molecule is Cc1nn(Cc2cccc(C(F)(F)F)c2)c(C)c1NC(=O)Cn1nc(C)c([N+](=O)[O-])c1C.